The van der Waals surface area contributed by atoms with Gasteiger partial charge < -0.3 is 26.0 Å². The van der Waals surface area contributed by atoms with E-state index >= 15 is 0 Å². The number of carbonyl (C=O) groups excluding carboxylic acids is 2. The summed E-state index contributed by atoms with van der Waals surface area (Å²) in [4.78, 5) is 25.6. The summed E-state index contributed by atoms with van der Waals surface area (Å²) in [6, 6.07) is 11.7. The van der Waals surface area contributed by atoms with Crippen LogP contribution in [0.1, 0.15) is 30.4 Å². The highest BCUT2D eigenvalue weighted by atomic mass is 19.4. The van der Waals surface area contributed by atoms with Gasteiger partial charge in [-0.3, -0.25) is 9.59 Å². The van der Waals surface area contributed by atoms with Crippen molar-refractivity contribution in [2.45, 2.75) is 43.6 Å². The summed E-state index contributed by atoms with van der Waals surface area (Å²) in [7, 11) is 0. The number of alkyl halides is 3. The summed E-state index contributed by atoms with van der Waals surface area (Å²) in [6.45, 7) is 1.47. The molecule has 182 valence electrons. The van der Waals surface area contributed by atoms with E-state index in [1.165, 1.54) is 18.2 Å². The van der Waals surface area contributed by atoms with E-state index in [-0.39, 0.29) is 36.7 Å². The molecule has 2 aromatic carbocycles. The lowest BCUT2D eigenvalue weighted by Gasteiger charge is -2.29. The summed E-state index contributed by atoms with van der Waals surface area (Å²) in [5, 5.41) is 11.7. The van der Waals surface area contributed by atoms with Crippen molar-refractivity contribution >= 4 is 23.2 Å². The molecule has 4 N–H and O–H groups in total. The van der Waals surface area contributed by atoms with Crippen LogP contribution >= 0.6 is 0 Å². The first-order chi connectivity index (χ1) is 16.3. The van der Waals surface area contributed by atoms with Crippen LogP contribution in [0.4, 0.5) is 24.5 Å². The second kappa shape index (κ2) is 10.0. The van der Waals surface area contributed by atoms with Crippen LogP contribution in [0.15, 0.2) is 48.5 Å². The van der Waals surface area contributed by atoms with Crippen molar-refractivity contribution < 1.29 is 27.5 Å². The first-order valence-corrected chi connectivity index (χ1v) is 11.2. The number of halogens is 3. The molecular weight excluding hydrogens is 449 g/mol. The fraction of sp³-hybridized carbons (Fsp3) is 0.417. The van der Waals surface area contributed by atoms with E-state index in [1.54, 1.807) is 24.3 Å². The minimum atomic E-state index is -4.46. The molecule has 2 aliphatic rings. The highest BCUT2D eigenvalue weighted by molar-refractivity contribution is 5.93. The van der Waals surface area contributed by atoms with Gasteiger partial charge in [-0.05, 0) is 49.2 Å². The van der Waals surface area contributed by atoms with Gasteiger partial charge >= 0.3 is 6.18 Å². The predicted octanol–water partition coefficient (Wildman–Crippen LogP) is 3.09. The molecule has 0 aliphatic carbocycles. The molecule has 34 heavy (non-hydrogen) atoms. The van der Waals surface area contributed by atoms with Crippen LogP contribution in [-0.2, 0) is 27.0 Å². The third kappa shape index (κ3) is 5.51. The first kappa shape index (κ1) is 24.0. The number of para-hydroxylation sites is 1. The summed E-state index contributed by atoms with van der Waals surface area (Å²) < 4.78 is 45.0. The maximum Gasteiger partial charge on any atom is 0.418 e. The molecule has 0 saturated carbocycles. The zero-order valence-electron chi connectivity index (χ0n) is 18.5. The van der Waals surface area contributed by atoms with E-state index in [4.69, 9.17) is 4.74 Å². The smallest absolute Gasteiger partial charge is 0.378 e. The van der Waals surface area contributed by atoms with Gasteiger partial charge in [0, 0.05) is 25.3 Å². The molecule has 2 aromatic rings. The van der Waals surface area contributed by atoms with Gasteiger partial charge in [0.1, 0.15) is 5.54 Å². The third-order valence-electron chi connectivity index (χ3n) is 6.11. The maximum atomic E-state index is 13.2. The van der Waals surface area contributed by atoms with Crippen LogP contribution in [0.2, 0.25) is 0 Å². The molecule has 7 nitrogen and oxygen atoms in total. The average Bonchev–Trinajstić information content (AvgIpc) is 3.51. The van der Waals surface area contributed by atoms with Gasteiger partial charge in [-0.2, -0.15) is 13.2 Å². The number of hydrogen-bond donors (Lipinski definition) is 4. The quantitative estimate of drug-likeness (QED) is 0.493. The van der Waals surface area contributed by atoms with Crippen LogP contribution in [0.3, 0.4) is 0 Å². The zero-order valence-corrected chi connectivity index (χ0v) is 18.5. The van der Waals surface area contributed by atoms with E-state index in [0.717, 1.165) is 31.0 Å². The maximum absolute atomic E-state index is 13.2. The Hall–Kier alpha value is -3.11. The molecule has 2 heterocycles. The van der Waals surface area contributed by atoms with Crippen molar-refractivity contribution in [3.05, 3.63) is 59.7 Å². The van der Waals surface area contributed by atoms with Gasteiger partial charge in [0.05, 0.1) is 23.9 Å². The molecule has 0 radical (unpaired) electrons. The Bertz CT molecular complexity index is 1010. The Labute approximate surface area is 195 Å². The first-order valence-electron chi connectivity index (χ1n) is 11.2. The highest BCUT2D eigenvalue weighted by Crippen LogP contribution is 2.35. The van der Waals surface area contributed by atoms with E-state index < -0.39 is 17.3 Å². The van der Waals surface area contributed by atoms with Gasteiger partial charge in [-0.15, -0.1) is 0 Å². The number of benzene rings is 2. The second-order valence-corrected chi connectivity index (χ2v) is 8.57. The lowest BCUT2D eigenvalue weighted by molar-refractivity contribution is -0.137. The lowest BCUT2D eigenvalue weighted by atomic mass is 9.96. The van der Waals surface area contributed by atoms with Crippen molar-refractivity contribution in [3.8, 4) is 0 Å². The van der Waals surface area contributed by atoms with Crippen molar-refractivity contribution in [1.29, 1.82) is 0 Å². The largest absolute Gasteiger partial charge is 0.418 e. The second-order valence-electron chi connectivity index (χ2n) is 8.57. The van der Waals surface area contributed by atoms with Crippen molar-refractivity contribution in [2.24, 2.45) is 0 Å². The fourth-order valence-electron chi connectivity index (χ4n) is 4.18. The molecule has 2 fully saturated rings. The molecule has 10 heteroatoms. The van der Waals surface area contributed by atoms with Crippen LogP contribution in [-0.4, -0.2) is 43.2 Å². The Morgan fingerprint density at radius 3 is 2.53 bits per heavy atom. The monoisotopic (exact) mass is 476 g/mol. The van der Waals surface area contributed by atoms with Crippen molar-refractivity contribution in [1.82, 2.24) is 16.0 Å². The van der Waals surface area contributed by atoms with Gasteiger partial charge in [-0.25, -0.2) is 0 Å². The summed E-state index contributed by atoms with van der Waals surface area (Å²) in [6.07, 6.45) is -2.42. The van der Waals surface area contributed by atoms with Gasteiger partial charge in [-0.1, -0.05) is 24.3 Å². The Morgan fingerprint density at radius 1 is 1.12 bits per heavy atom. The Balaban J connectivity index is 1.36. The van der Waals surface area contributed by atoms with E-state index in [0.29, 0.717) is 18.7 Å². The molecule has 4 rings (SSSR count). The standard InChI is InChI=1S/C24H27F3N4O3/c25-24(26,27)18-4-1-2-5-19(18)30-17-9-7-16(8-10-17)14-29-22(33)23(11-13-34-15-23)31-21(32)20-6-3-12-28-20/h1-2,4-5,7-10,20,28,30H,3,6,11-15H2,(H,29,33)(H,31,32). The van der Waals surface area contributed by atoms with Crippen LogP contribution in [0, 0.1) is 0 Å². The SMILES string of the molecule is O=C(NC1(C(=O)NCc2ccc(Nc3ccccc3C(F)(F)F)cc2)CCOC1)C1CCCN1. The van der Waals surface area contributed by atoms with E-state index in [1.807, 2.05) is 0 Å². The molecule has 2 amide bonds. The average molecular weight is 476 g/mol. The topological polar surface area (TPSA) is 91.5 Å². The molecule has 2 unspecified atom stereocenters. The highest BCUT2D eigenvalue weighted by Gasteiger charge is 2.44. The van der Waals surface area contributed by atoms with E-state index in [9.17, 15) is 22.8 Å². The zero-order chi connectivity index (χ0) is 24.2. The fourth-order valence-corrected chi connectivity index (χ4v) is 4.18. The van der Waals surface area contributed by atoms with Crippen LogP contribution in [0.25, 0.3) is 0 Å². The van der Waals surface area contributed by atoms with Crippen LogP contribution in [0.5, 0.6) is 0 Å². The van der Waals surface area contributed by atoms with Crippen molar-refractivity contribution in [2.75, 3.05) is 25.1 Å². The predicted molar refractivity (Wildman–Crippen MR) is 120 cm³/mol. The Kier molecular flexibility index (Phi) is 7.08. The number of anilines is 2. The molecular formula is C24H27F3N4O3. The number of carbonyl (C=O) groups is 2. The lowest BCUT2D eigenvalue weighted by Crippen LogP contribution is -2.61. The molecule has 0 aromatic heterocycles. The normalized spacial score (nSPS) is 22.4. The van der Waals surface area contributed by atoms with Crippen LogP contribution < -0.4 is 21.3 Å². The summed E-state index contributed by atoms with van der Waals surface area (Å²) in [5.41, 5.74) is -0.633. The van der Waals surface area contributed by atoms with Gasteiger partial charge in [0.25, 0.3) is 0 Å². The minimum absolute atomic E-state index is 0.0354. The molecule has 2 aliphatic heterocycles. The number of nitrogens with one attached hydrogen (secondary N) is 4. The van der Waals surface area contributed by atoms with Crippen molar-refractivity contribution in [3.63, 3.8) is 0 Å². The number of hydrogen-bond acceptors (Lipinski definition) is 5. The number of amides is 2. The molecule has 0 bridgehead atoms. The summed E-state index contributed by atoms with van der Waals surface area (Å²) in [5.74, 6) is -0.523. The minimum Gasteiger partial charge on any atom is -0.378 e. The summed E-state index contributed by atoms with van der Waals surface area (Å²) >= 11 is 0. The van der Waals surface area contributed by atoms with Gasteiger partial charge in [0.2, 0.25) is 11.8 Å². The molecule has 2 saturated heterocycles. The van der Waals surface area contributed by atoms with Gasteiger partial charge in [0.15, 0.2) is 0 Å². The molecule has 0 spiro atoms. The molecule has 2 atom stereocenters. The third-order valence-corrected chi connectivity index (χ3v) is 6.11. The number of ether oxygens (including phenoxy) is 1. The number of rotatable bonds is 7. The van der Waals surface area contributed by atoms with E-state index in [2.05, 4.69) is 21.3 Å². The Morgan fingerprint density at radius 2 is 1.88 bits per heavy atom.